The lowest BCUT2D eigenvalue weighted by atomic mass is 9.89. The number of sulfone groups is 1. The Labute approximate surface area is 163 Å². The topological polar surface area (TPSA) is 106 Å². The molecular formula is C17H25N3O5S2. The van der Waals surface area contributed by atoms with Crippen molar-refractivity contribution in [3.05, 3.63) is 16.6 Å². The predicted molar refractivity (Wildman–Crippen MR) is 101 cm³/mol. The van der Waals surface area contributed by atoms with Gasteiger partial charge in [-0.15, -0.1) is 11.3 Å². The number of rotatable bonds is 6. The molecule has 27 heavy (non-hydrogen) atoms. The molecule has 0 spiro atoms. The smallest absolute Gasteiger partial charge is 0.252 e. The van der Waals surface area contributed by atoms with Gasteiger partial charge in [0, 0.05) is 51.4 Å². The van der Waals surface area contributed by atoms with Crippen LogP contribution in [-0.2, 0) is 30.6 Å². The summed E-state index contributed by atoms with van der Waals surface area (Å²) in [5.41, 5.74) is 1.76. The second-order valence-corrected chi connectivity index (χ2v) is 10.1. The van der Waals surface area contributed by atoms with Gasteiger partial charge in [-0.1, -0.05) is 0 Å². The van der Waals surface area contributed by atoms with Crippen LogP contribution in [0.4, 0.5) is 0 Å². The van der Waals surface area contributed by atoms with Gasteiger partial charge in [0.25, 0.3) is 5.91 Å². The molecule has 2 aliphatic heterocycles. The number of piperidine rings is 1. The van der Waals surface area contributed by atoms with E-state index in [0.29, 0.717) is 45.3 Å². The number of hydrogen-bond acceptors (Lipinski definition) is 7. The standard InChI is InChI=1S/C17H25N3O5S2/c1-25-17(16(22)18-6-2-14-10-26-12-19-14)4-7-20(8-5-17)15(21)13-3-9-27(23,24)11-13/h10,12-13H,2-9,11H2,1H3,(H,18,22). The highest BCUT2D eigenvalue weighted by molar-refractivity contribution is 7.91. The number of carbonyl (C=O) groups is 2. The van der Waals surface area contributed by atoms with Crippen LogP contribution in [0.1, 0.15) is 25.0 Å². The Bertz CT molecular complexity index is 770. The van der Waals surface area contributed by atoms with Gasteiger partial charge in [0.05, 0.1) is 28.6 Å². The number of ether oxygens (including phenoxy) is 1. The first-order valence-corrected chi connectivity index (χ1v) is 11.8. The summed E-state index contributed by atoms with van der Waals surface area (Å²) in [6, 6.07) is 0. The molecule has 0 aliphatic carbocycles. The number of amides is 2. The molecule has 0 radical (unpaired) electrons. The molecule has 2 aliphatic rings. The lowest BCUT2D eigenvalue weighted by Crippen LogP contribution is -2.56. The molecule has 3 heterocycles. The van der Waals surface area contributed by atoms with Gasteiger partial charge in [-0.05, 0) is 6.42 Å². The van der Waals surface area contributed by atoms with Crippen molar-refractivity contribution in [1.82, 2.24) is 15.2 Å². The van der Waals surface area contributed by atoms with Gasteiger partial charge < -0.3 is 15.0 Å². The van der Waals surface area contributed by atoms with Gasteiger partial charge in [-0.3, -0.25) is 9.59 Å². The zero-order chi connectivity index (χ0) is 19.5. The van der Waals surface area contributed by atoms with Gasteiger partial charge in [0.1, 0.15) is 5.60 Å². The second kappa shape index (κ2) is 8.24. The van der Waals surface area contributed by atoms with Gasteiger partial charge in [0.15, 0.2) is 9.84 Å². The van der Waals surface area contributed by atoms with E-state index in [1.54, 1.807) is 10.4 Å². The predicted octanol–water partition coefficient (Wildman–Crippen LogP) is 0.244. The summed E-state index contributed by atoms with van der Waals surface area (Å²) >= 11 is 1.52. The Balaban J connectivity index is 1.51. The lowest BCUT2D eigenvalue weighted by Gasteiger charge is -2.40. The Kier molecular flexibility index (Phi) is 6.17. The van der Waals surface area contributed by atoms with E-state index in [1.807, 2.05) is 5.38 Å². The quantitative estimate of drug-likeness (QED) is 0.714. The van der Waals surface area contributed by atoms with Crippen LogP contribution in [0.15, 0.2) is 10.9 Å². The van der Waals surface area contributed by atoms with Gasteiger partial charge >= 0.3 is 0 Å². The maximum atomic E-state index is 12.7. The maximum Gasteiger partial charge on any atom is 0.252 e. The van der Waals surface area contributed by atoms with E-state index < -0.39 is 21.4 Å². The fourth-order valence-electron chi connectivity index (χ4n) is 3.69. The van der Waals surface area contributed by atoms with E-state index in [0.717, 1.165) is 5.69 Å². The van der Waals surface area contributed by atoms with Crippen LogP contribution in [0.3, 0.4) is 0 Å². The van der Waals surface area contributed by atoms with Crippen LogP contribution >= 0.6 is 11.3 Å². The third kappa shape index (κ3) is 4.67. The highest BCUT2D eigenvalue weighted by atomic mass is 32.2. The summed E-state index contributed by atoms with van der Waals surface area (Å²) in [7, 11) is -1.57. The van der Waals surface area contributed by atoms with Crippen molar-refractivity contribution in [1.29, 1.82) is 0 Å². The third-order valence-electron chi connectivity index (χ3n) is 5.42. The molecule has 10 heteroatoms. The normalized spacial score (nSPS) is 23.9. The van der Waals surface area contributed by atoms with Crippen LogP contribution in [0, 0.1) is 5.92 Å². The Hall–Kier alpha value is -1.52. The molecule has 150 valence electrons. The molecule has 2 saturated heterocycles. The molecule has 1 aromatic heterocycles. The molecule has 8 nitrogen and oxygen atoms in total. The van der Waals surface area contributed by atoms with Gasteiger partial charge in [0.2, 0.25) is 5.91 Å². The van der Waals surface area contributed by atoms with E-state index in [4.69, 9.17) is 4.74 Å². The van der Waals surface area contributed by atoms with Crippen LogP contribution in [0.2, 0.25) is 0 Å². The number of nitrogens with one attached hydrogen (secondary N) is 1. The summed E-state index contributed by atoms with van der Waals surface area (Å²) in [4.78, 5) is 31.1. The first-order valence-electron chi connectivity index (χ1n) is 9.05. The van der Waals surface area contributed by atoms with Crippen LogP contribution in [0.5, 0.6) is 0 Å². The van der Waals surface area contributed by atoms with Crippen LogP contribution in [-0.4, -0.2) is 74.0 Å². The summed E-state index contributed by atoms with van der Waals surface area (Å²) in [5.74, 6) is -0.715. The molecule has 1 unspecified atom stereocenters. The molecule has 2 fully saturated rings. The first-order chi connectivity index (χ1) is 12.9. The fourth-order valence-corrected chi connectivity index (χ4v) is 6.01. The van der Waals surface area contributed by atoms with Crippen LogP contribution in [0.25, 0.3) is 0 Å². The van der Waals surface area contributed by atoms with E-state index in [9.17, 15) is 18.0 Å². The van der Waals surface area contributed by atoms with Crippen molar-refractivity contribution in [2.24, 2.45) is 5.92 Å². The molecule has 2 amide bonds. The Morgan fingerprint density at radius 1 is 1.41 bits per heavy atom. The number of thiazole rings is 1. The molecule has 0 bridgehead atoms. The molecule has 0 saturated carbocycles. The van der Waals surface area contributed by atoms with Gasteiger partial charge in [-0.25, -0.2) is 13.4 Å². The van der Waals surface area contributed by atoms with Crippen LogP contribution < -0.4 is 5.32 Å². The number of methoxy groups -OCH3 is 1. The summed E-state index contributed by atoms with van der Waals surface area (Å²) in [6.45, 7) is 1.27. The second-order valence-electron chi connectivity index (χ2n) is 7.11. The zero-order valence-electron chi connectivity index (χ0n) is 15.3. The maximum absolute atomic E-state index is 12.7. The zero-order valence-corrected chi connectivity index (χ0v) is 17.0. The number of nitrogens with zero attached hydrogens (tertiary/aromatic N) is 2. The molecular weight excluding hydrogens is 390 g/mol. The van der Waals surface area contributed by atoms with Crippen molar-refractivity contribution in [3.8, 4) is 0 Å². The average molecular weight is 416 g/mol. The highest BCUT2D eigenvalue weighted by Crippen LogP contribution is 2.29. The van der Waals surface area contributed by atoms with Crippen molar-refractivity contribution in [3.63, 3.8) is 0 Å². The summed E-state index contributed by atoms with van der Waals surface area (Å²) in [5, 5.41) is 4.86. The minimum atomic E-state index is -3.09. The molecule has 0 aromatic carbocycles. The number of likely N-dealkylation sites (tertiary alicyclic amines) is 1. The minimum Gasteiger partial charge on any atom is -0.368 e. The number of hydrogen-bond donors (Lipinski definition) is 1. The summed E-state index contributed by atoms with van der Waals surface area (Å²) < 4.78 is 28.8. The minimum absolute atomic E-state index is 0.0607. The SMILES string of the molecule is COC1(C(=O)NCCc2cscn2)CCN(C(=O)C2CCS(=O)(=O)C2)CC1. The molecule has 1 aromatic rings. The fraction of sp³-hybridized carbons (Fsp3) is 0.706. The third-order valence-corrected chi connectivity index (χ3v) is 7.82. The number of carbonyl (C=O) groups excluding carboxylic acids is 2. The average Bonchev–Trinajstić information content (AvgIpc) is 3.30. The molecule has 3 rings (SSSR count). The largest absolute Gasteiger partial charge is 0.368 e. The number of aromatic nitrogens is 1. The van der Waals surface area contributed by atoms with E-state index in [2.05, 4.69) is 10.3 Å². The summed E-state index contributed by atoms with van der Waals surface area (Å²) in [6.07, 6.45) is 1.86. The van der Waals surface area contributed by atoms with Crippen molar-refractivity contribution in [2.45, 2.75) is 31.3 Å². The van der Waals surface area contributed by atoms with Gasteiger partial charge in [-0.2, -0.15) is 0 Å². The Morgan fingerprint density at radius 3 is 2.70 bits per heavy atom. The van der Waals surface area contributed by atoms with E-state index in [-0.39, 0.29) is 23.3 Å². The van der Waals surface area contributed by atoms with Crippen molar-refractivity contribution < 1.29 is 22.7 Å². The highest BCUT2D eigenvalue weighted by Gasteiger charge is 2.44. The van der Waals surface area contributed by atoms with E-state index in [1.165, 1.54) is 18.4 Å². The van der Waals surface area contributed by atoms with Crippen molar-refractivity contribution >= 4 is 33.0 Å². The molecule has 1 atom stereocenters. The monoisotopic (exact) mass is 415 g/mol. The lowest BCUT2D eigenvalue weighted by molar-refractivity contribution is -0.154. The molecule has 1 N–H and O–H groups in total. The first kappa shape index (κ1) is 20.2. The van der Waals surface area contributed by atoms with Crippen molar-refractivity contribution in [2.75, 3.05) is 38.2 Å². The van der Waals surface area contributed by atoms with E-state index >= 15 is 0 Å². The Morgan fingerprint density at radius 2 is 2.15 bits per heavy atom.